The molecule has 0 saturated heterocycles. The van der Waals surface area contributed by atoms with Crippen molar-refractivity contribution in [2.24, 2.45) is 0 Å². The van der Waals surface area contributed by atoms with Gasteiger partial charge in [0.05, 0.1) is 0 Å². The lowest BCUT2D eigenvalue weighted by Gasteiger charge is -2.30. The number of aromatic nitrogens is 1. The lowest BCUT2D eigenvalue weighted by molar-refractivity contribution is -0.121. The zero-order valence-corrected chi connectivity index (χ0v) is 10.1. The van der Waals surface area contributed by atoms with Crippen LogP contribution >= 0.6 is 0 Å². The number of aryl methyl sites for hydroxylation is 1. The van der Waals surface area contributed by atoms with E-state index in [0.29, 0.717) is 30.1 Å². The fourth-order valence-corrected chi connectivity index (χ4v) is 2.13. The Labute approximate surface area is 99.8 Å². The first-order chi connectivity index (χ1) is 8.08. The number of hydrogen-bond donors (Lipinski definition) is 0. The van der Waals surface area contributed by atoms with Crippen molar-refractivity contribution in [3.63, 3.8) is 0 Å². The van der Waals surface area contributed by atoms with Crippen molar-refractivity contribution < 1.29 is 14.1 Å². The third-order valence-corrected chi connectivity index (χ3v) is 3.23. The number of ketones is 1. The molecule has 1 amide bonds. The Balaban J connectivity index is 2.02. The van der Waals surface area contributed by atoms with Gasteiger partial charge in [-0.2, -0.15) is 0 Å². The molecule has 0 radical (unpaired) electrons. The number of Topliss-reactive ketones (excluding diaryl/α,β-unsaturated/α-hetero) is 1. The van der Waals surface area contributed by atoms with Crippen molar-refractivity contribution in [3.8, 4) is 0 Å². The second-order valence-electron chi connectivity index (χ2n) is 4.51. The molecular weight excluding hydrogens is 220 g/mol. The Hall–Kier alpha value is -1.65. The number of carbonyl (C=O) groups excluding carboxylic acids is 2. The summed E-state index contributed by atoms with van der Waals surface area (Å²) in [6.07, 6.45) is 2.63. The molecular formula is C12H16N2O3. The molecule has 5 heteroatoms. The highest BCUT2D eigenvalue weighted by Crippen LogP contribution is 2.20. The lowest BCUT2D eigenvalue weighted by atomic mass is 9.93. The van der Waals surface area contributed by atoms with E-state index in [9.17, 15) is 9.59 Å². The second kappa shape index (κ2) is 4.69. The predicted octanol–water partition coefficient (Wildman–Crippen LogP) is 1.57. The molecule has 1 aliphatic carbocycles. The van der Waals surface area contributed by atoms with Gasteiger partial charge in [-0.25, -0.2) is 0 Å². The molecule has 1 saturated carbocycles. The molecule has 0 aromatic carbocycles. The Morgan fingerprint density at radius 2 is 2.12 bits per heavy atom. The molecule has 0 aliphatic heterocycles. The van der Waals surface area contributed by atoms with Gasteiger partial charge in [0.25, 0.3) is 5.91 Å². The highest BCUT2D eigenvalue weighted by Gasteiger charge is 2.27. The number of nitrogens with zero attached hydrogens (tertiary/aromatic N) is 2. The van der Waals surface area contributed by atoms with E-state index >= 15 is 0 Å². The average Bonchev–Trinajstić information content (AvgIpc) is 2.75. The monoisotopic (exact) mass is 236 g/mol. The summed E-state index contributed by atoms with van der Waals surface area (Å²) in [4.78, 5) is 24.9. The Bertz CT molecular complexity index is 429. The van der Waals surface area contributed by atoms with E-state index in [-0.39, 0.29) is 11.9 Å². The molecule has 5 nitrogen and oxygen atoms in total. The topological polar surface area (TPSA) is 63.4 Å². The second-order valence-corrected chi connectivity index (χ2v) is 4.51. The number of carbonyl (C=O) groups is 2. The maximum atomic E-state index is 12.1. The van der Waals surface area contributed by atoms with Gasteiger partial charge >= 0.3 is 0 Å². The minimum atomic E-state index is -0.138. The normalized spacial score (nSPS) is 17.2. The van der Waals surface area contributed by atoms with E-state index in [0.717, 1.165) is 12.8 Å². The van der Waals surface area contributed by atoms with E-state index in [1.54, 1.807) is 24.9 Å². The van der Waals surface area contributed by atoms with Crippen LogP contribution < -0.4 is 0 Å². The van der Waals surface area contributed by atoms with Crippen molar-refractivity contribution in [3.05, 3.63) is 17.5 Å². The van der Waals surface area contributed by atoms with Crippen LogP contribution in [0, 0.1) is 6.92 Å². The minimum absolute atomic E-state index is 0.136. The molecule has 1 aromatic heterocycles. The van der Waals surface area contributed by atoms with Crippen LogP contribution in [-0.4, -0.2) is 34.8 Å². The van der Waals surface area contributed by atoms with Crippen LogP contribution in [0.25, 0.3) is 0 Å². The molecule has 1 heterocycles. The summed E-state index contributed by atoms with van der Waals surface area (Å²) in [7, 11) is 1.76. The first kappa shape index (κ1) is 11.8. The summed E-state index contributed by atoms with van der Waals surface area (Å²) in [6.45, 7) is 1.75. The zero-order valence-electron chi connectivity index (χ0n) is 10.1. The summed E-state index contributed by atoms with van der Waals surface area (Å²) in [5, 5.41) is 3.71. The molecule has 17 heavy (non-hydrogen) atoms. The van der Waals surface area contributed by atoms with Crippen molar-refractivity contribution in [1.82, 2.24) is 10.1 Å². The van der Waals surface area contributed by atoms with Gasteiger partial charge in [-0.3, -0.25) is 9.59 Å². The molecule has 0 atom stereocenters. The van der Waals surface area contributed by atoms with Crippen molar-refractivity contribution in [2.45, 2.75) is 38.6 Å². The lowest BCUT2D eigenvalue weighted by Crippen LogP contribution is -2.39. The van der Waals surface area contributed by atoms with Gasteiger partial charge in [0.1, 0.15) is 11.5 Å². The van der Waals surface area contributed by atoms with Gasteiger partial charge in [0.15, 0.2) is 5.69 Å². The van der Waals surface area contributed by atoms with Crippen LogP contribution in [0.5, 0.6) is 0 Å². The maximum Gasteiger partial charge on any atom is 0.276 e. The van der Waals surface area contributed by atoms with Gasteiger partial charge in [-0.05, 0) is 19.8 Å². The highest BCUT2D eigenvalue weighted by molar-refractivity contribution is 5.92. The van der Waals surface area contributed by atoms with E-state index < -0.39 is 0 Å². The number of rotatable bonds is 2. The molecule has 0 spiro atoms. The quantitative estimate of drug-likeness (QED) is 0.781. The highest BCUT2D eigenvalue weighted by atomic mass is 16.5. The van der Waals surface area contributed by atoms with Crippen molar-refractivity contribution in [1.29, 1.82) is 0 Å². The Kier molecular flexibility index (Phi) is 3.26. The molecule has 1 aliphatic rings. The van der Waals surface area contributed by atoms with Crippen LogP contribution in [0.2, 0.25) is 0 Å². The average molecular weight is 236 g/mol. The summed E-state index contributed by atoms with van der Waals surface area (Å²) >= 11 is 0. The Morgan fingerprint density at radius 3 is 2.65 bits per heavy atom. The van der Waals surface area contributed by atoms with Gasteiger partial charge in [-0.1, -0.05) is 5.16 Å². The summed E-state index contributed by atoms with van der Waals surface area (Å²) in [5.74, 6) is 0.779. The maximum absolute atomic E-state index is 12.1. The van der Waals surface area contributed by atoms with Crippen LogP contribution in [0.15, 0.2) is 10.6 Å². The molecule has 2 rings (SSSR count). The van der Waals surface area contributed by atoms with Crippen molar-refractivity contribution >= 4 is 11.7 Å². The molecule has 0 unspecified atom stereocenters. The van der Waals surface area contributed by atoms with Gasteiger partial charge in [0, 0.05) is 32.0 Å². The number of hydrogen-bond acceptors (Lipinski definition) is 4. The Morgan fingerprint density at radius 1 is 1.47 bits per heavy atom. The van der Waals surface area contributed by atoms with Crippen molar-refractivity contribution in [2.75, 3.05) is 7.05 Å². The third-order valence-electron chi connectivity index (χ3n) is 3.23. The van der Waals surface area contributed by atoms with Gasteiger partial charge in [-0.15, -0.1) is 0 Å². The van der Waals surface area contributed by atoms with E-state index in [1.165, 1.54) is 0 Å². The minimum Gasteiger partial charge on any atom is -0.361 e. The standard InChI is InChI=1S/C12H16N2O3/c1-8-7-11(13-17-8)12(16)14(2)9-3-5-10(15)6-4-9/h7,9H,3-6H2,1-2H3. The predicted molar refractivity (Wildman–Crippen MR) is 60.6 cm³/mol. The summed E-state index contributed by atoms with van der Waals surface area (Å²) in [5.41, 5.74) is 0.335. The smallest absolute Gasteiger partial charge is 0.276 e. The first-order valence-corrected chi connectivity index (χ1v) is 5.80. The first-order valence-electron chi connectivity index (χ1n) is 5.80. The molecule has 92 valence electrons. The van der Waals surface area contributed by atoms with Crippen LogP contribution in [0.1, 0.15) is 41.9 Å². The third kappa shape index (κ3) is 2.54. The van der Waals surface area contributed by atoms with E-state index in [1.807, 2.05) is 0 Å². The fourth-order valence-electron chi connectivity index (χ4n) is 2.13. The number of amides is 1. The van der Waals surface area contributed by atoms with Gasteiger partial charge in [0.2, 0.25) is 0 Å². The molecule has 0 N–H and O–H groups in total. The summed E-state index contributed by atoms with van der Waals surface area (Å²) < 4.78 is 4.89. The van der Waals surface area contributed by atoms with E-state index in [2.05, 4.69) is 5.16 Å². The fraction of sp³-hybridized carbons (Fsp3) is 0.583. The van der Waals surface area contributed by atoms with Crippen LogP contribution in [0.3, 0.4) is 0 Å². The summed E-state index contributed by atoms with van der Waals surface area (Å²) in [6, 6.07) is 1.77. The molecule has 1 aromatic rings. The zero-order chi connectivity index (χ0) is 12.4. The van der Waals surface area contributed by atoms with E-state index in [4.69, 9.17) is 4.52 Å². The van der Waals surface area contributed by atoms with Crippen LogP contribution in [0.4, 0.5) is 0 Å². The largest absolute Gasteiger partial charge is 0.361 e. The SMILES string of the molecule is Cc1cc(C(=O)N(C)C2CCC(=O)CC2)no1. The molecule has 0 bridgehead atoms. The molecule has 1 fully saturated rings. The van der Waals surface area contributed by atoms with Crippen LogP contribution in [-0.2, 0) is 4.79 Å². The van der Waals surface area contributed by atoms with Gasteiger partial charge < -0.3 is 9.42 Å².